The van der Waals surface area contributed by atoms with E-state index in [0.29, 0.717) is 11.3 Å². The van der Waals surface area contributed by atoms with E-state index in [0.717, 1.165) is 78.3 Å². The van der Waals surface area contributed by atoms with Crippen molar-refractivity contribution in [3.63, 3.8) is 0 Å². The lowest BCUT2D eigenvalue weighted by Crippen LogP contribution is -2.37. The molecule has 330 valence electrons. The fourth-order valence-corrected chi connectivity index (χ4v) is 11.1. The first kappa shape index (κ1) is 45.2. The highest BCUT2D eigenvalue weighted by atomic mass is 28.3. The molecular formula is C62H54N4Si2. The van der Waals surface area contributed by atoms with Gasteiger partial charge in [-0.05, 0) is 141 Å². The van der Waals surface area contributed by atoms with Gasteiger partial charge in [-0.2, -0.15) is 5.26 Å². The van der Waals surface area contributed by atoms with E-state index in [9.17, 15) is 5.26 Å². The van der Waals surface area contributed by atoms with E-state index in [2.05, 4.69) is 230 Å². The van der Waals surface area contributed by atoms with E-state index in [-0.39, 0.29) is 0 Å². The van der Waals surface area contributed by atoms with Gasteiger partial charge in [0.25, 0.3) is 0 Å². The molecule has 0 heterocycles. The van der Waals surface area contributed by atoms with Gasteiger partial charge < -0.3 is 9.80 Å². The Labute approximate surface area is 404 Å². The molecule has 0 aromatic heterocycles. The fourth-order valence-electron chi connectivity index (χ4n) is 8.81. The van der Waals surface area contributed by atoms with Crippen LogP contribution in [0.25, 0.3) is 50.0 Å². The highest BCUT2D eigenvalue weighted by Gasteiger charge is 2.22. The van der Waals surface area contributed by atoms with Crippen LogP contribution in [0.2, 0.25) is 39.3 Å². The lowest BCUT2D eigenvalue weighted by Gasteiger charge is -2.28. The minimum Gasteiger partial charge on any atom is -0.311 e. The molecule has 0 atom stereocenters. The number of anilines is 6. The molecule has 0 radical (unpaired) electrons. The standard InChI is InChI=1S/C62H54N4Si2/c1-64-50-24-30-53(31-25-50)65(54-32-36-57(37-33-54)67(2,3)4)51-26-20-45(21-27-51)18-19-47-40-59(48-14-10-8-11-15-48)62-43-56(42-60(61(62)41-47)49-16-12-9-13-17-49)66(52-28-22-46(44-63)23-29-52)55-34-38-58(39-35-55)68(5,6)7/h8-43H,2-7H3/b19-18+. The van der Waals surface area contributed by atoms with Gasteiger partial charge in [0, 0.05) is 34.1 Å². The molecule has 4 nitrogen and oxygen atoms in total. The average Bonchev–Trinajstić information content (AvgIpc) is 3.36. The molecule has 0 spiro atoms. The van der Waals surface area contributed by atoms with Crippen molar-refractivity contribution in [1.29, 1.82) is 5.26 Å². The Morgan fingerprint density at radius 1 is 0.426 bits per heavy atom. The first-order chi connectivity index (χ1) is 32.9. The zero-order valence-corrected chi connectivity index (χ0v) is 41.6. The molecule has 9 aromatic rings. The minimum absolute atomic E-state index is 0.622. The normalized spacial score (nSPS) is 11.6. The average molecular weight is 911 g/mol. The van der Waals surface area contributed by atoms with Crippen LogP contribution in [0.3, 0.4) is 0 Å². The summed E-state index contributed by atoms with van der Waals surface area (Å²) in [6.45, 7) is 21.8. The predicted octanol–water partition coefficient (Wildman–Crippen LogP) is 16.8. The molecule has 0 saturated carbocycles. The van der Waals surface area contributed by atoms with Crippen LogP contribution >= 0.6 is 0 Å². The lowest BCUT2D eigenvalue weighted by atomic mass is 9.89. The number of rotatable bonds is 12. The summed E-state index contributed by atoms with van der Waals surface area (Å²) in [5.41, 5.74) is 14.2. The molecule has 68 heavy (non-hydrogen) atoms. The third-order valence-corrected chi connectivity index (χ3v) is 16.7. The summed E-state index contributed by atoms with van der Waals surface area (Å²) in [5.74, 6) is 0. The monoisotopic (exact) mass is 910 g/mol. The molecule has 0 saturated heterocycles. The first-order valence-electron chi connectivity index (χ1n) is 23.2. The summed E-state index contributed by atoms with van der Waals surface area (Å²) >= 11 is 0. The molecule has 6 heteroatoms. The Hall–Kier alpha value is -8.01. The second kappa shape index (κ2) is 19.1. The third kappa shape index (κ3) is 9.75. The molecule has 9 rings (SSSR count). The molecular weight excluding hydrogens is 857 g/mol. The van der Waals surface area contributed by atoms with Crippen LogP contribution in [0.5, 0.6) is 0 Å². The molecule has 9 aromatic carbocycles. The highest BCUT2D eigenvalue weighted by Crippen LogP contribution is 2.44. The topological polar surface area (TPSA) is 34.6 Å². The van der Waals surface area contributed by atoms with E-state index in [1.54, 1.807) is 0 Å². The Bertz CT molecular complexity index is 3320. The second-order valence-electron chi connectivity index (χ2n) is 19.4. The molecule has 0 fully saturated rings. The Balaban J connectivity index is 1.16. The molecule has 0 bridgehead atoms. The maximum atomic E-state index is 9.73. The van der Waals surface area contributed by atoms with E-state index in [4.69, 9.17) is 6.57 Å². The zero-order chi connectivity index (χ0) is 47.4. The summed E-state index contributed by atoms with van der Waals surface area (Å²) in [6, 6.07) is 75.5. The van der Waals surface area contributed by atoms with Crippen LogP contribution < -0.4 is 20.2 Å². The number of benzene rings is 9. The molecule has 0 aliphatic heterocycles. The Morgan fingerprint density at radius 3 is 1.28 bits per heavy atom. The van der Waals surface area contributed by atoms with Crippen molar-refractivity contribution < 1.29 is 0 Å². The van der Waals surface area contributed by atoms with Crippen LogP contribution in [0.4, 0.5) is 39.8 Å². The number of hydrogen-bond donors (Lipinski definition) is 0. The van der Waals surface area contributed by atoms with Gasteiger partial charge in [0.15, 0.2) is 5.69 Å². The molecule has 0 amide bonds. The maximum Gasteiger partial charge on any atom is 0.187 e. The number of fused-ring (bicyclic) bond motifs is 1. The van der Waals surface area contributed by atoms with Crippen LogP contribution in [-0.4, -0.2) is 16.1 Å². The summed E-state index contributed by atoms with van der Waals surface area (Å²) in [5, 5.41) is 14.9. The van der Waals surface area contributed by atoms with E-state index < -0.39 is 16.1 Å². The SMILES string of the molecule is [C-]#[N+]c1ccc(N(c2ccc(/C=C/c3cc(-c4ccccc4)c4cc(N(c5ccc(C#N)cc5)c5ccc([Si](C)(C)C)cc5)cc(-c5ccccc5)c4c3)cc2)c2ccc([Si](C)(C)C)cc2)cc1. The molecule has 0 aliphatic carbocycles. The van der Waals surface area contributed by atoms with Crippen molar-refractivity contribution in [2.75, 3.05) is 9.80 Å². The van der Waals surface area contributed by atoms with Crippen molar-refractivity contribution in [2.45, 2.75) is 39.3 Å². The molecule has 0 unspecified atom stereocenters. The van der Waals surface area contributed by atoms with Gasteiger partial charge >= 0.3 is 0 Å². The minimum atomic E-state index is -1.54. The molecule has 0 aliphatic rings. The summed E-state index contributed by atoms with van der Waals surface area (Å²) in [6.07, 6.45) is 4.42. The van der Waals surface area contributed by atoms with Gasteiger partial charge in [-0.25, -0.2) is 4.85 Å². The van der Waals surface area contributed by atoms with Gasteiger partial charge in [-0.1, -0.05) is 171 Å². The van der Waals surface area contributed by atoms with Crippen LogP contribution in [0.15, 0.2) is 206 Å². The second-order valence-corrected chi connectivity index (χ2v) is 29.5. The first-order valence-corrected chi connectivity index (χ1v) is 30.2. The molecule has 0 N–H and O–H groups in total. The van der Waals surface area contributed by atoms with Crippen LogP contribution in [0.1, 0.15) is 16.7 Å². The van der Waals surface area contributed by atoms with Crippen LogP contribution in [0, 0.1) is 17.9 Å². The van der Waals surface area contributed by atoms with Crippen molar-refractivity contribution in [3.05, 3.63) is 234 Å². The quantitative estimate of drug-likeness (QED) is 0.0696. The van der Waals surface area contributed by atoms with Crippen molar-refractivity contribution >= 4 is 89.3 Å². The predicted molar refractivity (Wildman–Crippen MR) is 296 cm³/mol. The Kier molecular flexibility index (Phi) is 12.7. The van der Waals surface area contributed by atoms with Gasteiger partial charge in [0.1, 0.15) is 0 Å². The van der Waals surface area contributed by atoms with E-state index in [1.165, 1.54) is 10.4 Å². The van der Waals surface area contributed by atoms with Crippen molar-refractivity contribution in [1.82, 2.24) is 0 Å². The number of hydrogen-bond acceptors (Lipinski definition) is 3. The van der Waals surface area contributed by atoms with Crippen LogP contribution in [-0.2, 0) is 0 Å². The number of nitriles is 1. The summed E-state index contributed by atoms with van der Waals surface area (Å²) in [4.78, 5) is 8.22. The highest BCUT2D eigenvalue weighted by molar-refractivity contribution is 6.89. The lowest BCUT2D eigenvalue weighted by molar-refractivity contribution is 1.28. The third-order valence-electron chi connectivity index (χ3n) is 12.6. The van der Waals surface area contributed by atoms with Gasteiger partial charge in [-0.3, -0.25) is 0 Å². The Morgan fingerprint density at radius 2 is 0.824 bits per heavy atom. The van der Waals surface area contributed by atoms with Gasteiger partial charge in [0.2, 0.25) is 0 Å². The maximum absolute atomic E-state index is 9.73. The van der Waals surface area contributed by atoms with Crippen molar-refractivity contribution in [3.8, 4) is 28.3 Å². The zero-order valence-electron chi connectivity index (χ0n) is 39.6. The summed E-state index contributed by atoms with van der Waals surface area (Å²) < 4.78 is 0. The van der Waals surface area contributed by atoms with E-state index in [1.807, 2.05) is 48.5 Å². The summed E-state index contributed by atoms with van der Waals surface area (Å²) in [7, 11) is -3.02. The van der Waals surface area contributed by atoms with Gasteiger partial charge in [-0.15, -0.1) is 0 Å². The largest absolute Gasteiger partial charge is 0.311 e. The smallest absolute Gasteiger partial charge is 0.187 e. The van der Waals surface area contributed by atoms with E-state index >= 15 is 0 Å². The number of nitrogens with zero attached hydrogens (tertiary/aromatic N) is 4. The van der Waals surface area contributed by atoms with Gasteiger partial charge in [0.05, 0.1) is 34.4 Å². The van der Waals surface area contributed by atoms with Crippen molar-refractivity contribution in [2.24, 2.45) is 0 Å². The fraction of sp³-hybridized carbons (Fsp3) is 0.0968.